The molecule has 0 saturated heterocycles. The molecule has 5 rings (SSSR count). The van der Waals surface area contributed by atoms with Crippen LogP contribution in [0.5, 0.6) is 5.88 Å². The topological polar surface area (TPSA) is 89.5 Å². The number of hydrogen-bond acceptors (Lipinski definition) is 6. The van der Waals surface area contributed by atoms with Crippen LogP contribution in [0.15, 0.2) is 6.33 Å². The molecule has 23 heavy (non-hydrogen) atoms. The third-order valence-corrected chi connectivity index (χ3v) is 4.62. The van der Waals surface area contributed by atoms with E-state index in [-0.39, 0.29) is 0 Å². The highest BCUT2D eigenvalue weighted by molar-refractivity contribution is 5.83. The van der Waals surface area contributed by atoms with Crippen molar-refractivity contribution >= 4 is 11.0 Å². The Kier molecular flexibility index (Phi) is 2.65. The lowest BCUT2D eigenvalue weighted by Gasteiger charge is -2.14. The van der Waals surface area contributed by atoms with Crippen LogP contribution in [0.1, 0.15) is 42.3 Å². The van der Waals surface area contributed by atoms with Gasteiger partial charge in [-0.25, -0.2) is 19.9 Å². The second-order valence-corrected chi connectivity index (χ2v) is 6.16. The molecule has 2 aliphatic rings. The summed E-state index contributed by atoms with van der Waals surface area (Å²) in [6.07, 6.45) is 6.87. The van der Waals surface area contributed by atoms with Crippen LogP contribution in [0.3, 0.4) is 0 Å². The van der Waals surface area contributed by atoms with Crippen molar-refractivity contribution in [1.29, 1.82) is 0 Å². The van der Waals surface area contributed by atoms with Gasteiger partial charge in [-0.2, -0.15) is 5.10 Å². The van der Waals surface area contributed by atoms with Gasteiger partial charge in [0.25, 0.3) is 0 Å². The van der Waals surface area contributed by atoms with E-state index in [1.165, 1.54) is 0 Å². The van der Waals surface area contributed by atoms with Gasteiger partial charge in [-0.15, -0.1) is 0 Å². The molecule has 3 heterocycles. The van der Waals surface area contributed by atoms with Crippen molar-refractivity contribution in [2.75, 3.05) is 7.11 Å². The Labute approximate surface area is 132 Å². The Bertz CT molecular complexity index is 914. The van der Waals surface area contributed by atoms with Crippen molar-refractivity contribution in [3.05, 3.63) is 23.4 Å². The van der Waals surface area contributed by atoms with E-state index in [2.05, 4.69) is 20.2 Å². The van der Waals surface area contributed by atoms with Crippen molar-refractivity contribution in [1.82, 2.24) is 30.1 Å². The van der Waals surface area contributed by atoms with Gasteiger partial charge >= 0.3 is 0 Å². The Morgan fingerprint density at radius 1 is 1.13 bits per heavy atom. The highest BCUT2D eigenvalue weighted by atomic mass is 16.5. The molecule has 0 aromatic carbocycles. The molecule has 0 aliphatic heterocycles. The van der Waals surface area contributed by atoms with Gasteiger partial charge in [0.1, 0.15) is 11.9 Å². The molecule has 3 aromatic rings. The maximum atomic E-state index is 5.47. The Hall–Kier alpha value is -2.57. The van der Waals surface area contributed by atoms with Gasteiger partial charge in [-0.05, 0) is 32.1 Å². The first kappa shape index (κ1) is 12.9. The van der Waals surface area contributed by atoms with E-state index in [0.717, 1.165) is 65.8 Å². The van der Waals surface area contributed by atoms with Crippen LogP contribution in [0, 0.1) is 0 Å². The third kappa shape index (κ3) is 1.92. The first-order chi connectivity index (χ1) is 11.3. The molecule has 0 unspecified atom stereocenters. The molecule has 2 aliphatic carbocycles. The Morgan fingerprint density at radius 3 is 2.83 bits per heavy atom. The predicted molar refractivity (Wildman–Crippen MR) is 83.3 cm³/mol. The summed E-state index contributed by atoms with van der Waals surface area (Å²) in [6.45, 7) is 0. The smallest absolute Gasteiger partial charge is 0.227 e. The molecule has 7 nitrogen and oxygen atoms in total. The van der Waals surface area contributed by atoms with Crippen LogP contribution in [0.25, 0.3) is 22.4 Å². The molecule has 1 saturated carbocycles. The average molecular weight is 308 g/mol. The predicted octanol–water partition coefficient (Wildman–Crippen LogP) is 2.18. The van der Waals surface area contributed by atoms with Crippen LogP contribution in [-0.2, 0) is 12.8 Å². The number of H-pyrrole nitrogens is 1. The summed E-state index contributed by atoms with van der Waals surface area (Å²) in [7, 11) is 1.62. The highest BCUT2D eigenvalue weighted by Gasteiger charge is 2.32. The fourth-order valence-corrected chi connectivity index (χ4v) is 3.38. The normalized spacial score (nSPS) is 16.7. The summed E-state index contributed by atoms with van der Waals surface area (Å²) in [4.78, 5) is 18.3. The van der Waals surface area contributed by atoms with E-state index in [9.17, 15) is 0 Å². The second-order valence-electron chi connectivity index (χ2n) is 6.16. The quantitative estimate of drug-likeness (QED) is 0.797. The number of aryl methyl sites for hydroxylation is 2. The van der Waals surface area contributed by atoms with Gasteiger partial charge in [0.15, 0.2) is 11.5 Å². The molecular weight excluding hydrogens is 292 g/mol. The first-order valence-corrected chi connectivity index (χ1v) is 7.98. The van der Waals surface area contributed by atoms with Crippen LogP contribution in [-0.4, -0.2) is 37.2 Å². The number of rotatable bonds is 3. The van der Waals surface area contributed by atoms with E-state index in [0.29, 0.717) is 17.6 Å². The van der Waals surface area contributed by atoms with E-state index in [1.807, 2.05) is 0 Å². The summed E-state index contributed by atoms with van der Waals surface area (Å²) in [5.74, 6) is 1.66. The van der Waals surface area contributed by atoms with Crippen molar-refractivity contribution in [2.45, 2.75) is 38.0 Å². The zero-order chi connectivity index (χ0) is 15.4. The van der Waals surface area contributed by atoms with E-state index >= 15 is 0 Å². The summed E-state index contributed by atoms with van der Waals surface area (Å²) < 4.78 is 5.47. The zero-order valence-electron chi connectivity index (χ0n) is 12.8. The number of hydrogen-bond donors (Lipinski definition) is 1. The van der Waals surface area contributed by atoms with Crippen LogP contribution >= 0.6 is 0 Å². The molecule has 0 spiro atoms. The molecule has 1 N–H and O–H groups in total. The lowest BCUT2D eigenvalue weighted by atomic mass is 10.0. The van der Waals surface area contributed by atoms with E-state index < -0.39 is 0 Å². The van der Waals surface area contributed by atoms with Gasteiger partial charge in [0, 0.05) is 5.92 Å². The summed E-state index contributed by atoms with van der Waals surface area (Å²) >= 11 is 0. The third-order valence-electron chi connectivity index (χ3n) is 4.62. The molecule has 116 valence electrons. The lowest BCUT2D eigenvalue weighted by Crippen LogP contribution is -2.07. The lowest BCUT2D eigenvalue weighted by molar-refractivity contribution is 0.397. The minimum Gasteiger partial charge on any atom is -0.480 e. The maximum Gasteiger partial charge on any atom is 0.227 e. The van der Waals surface area contributed by atoms with Crippen molar-refractivity contribution in [3.63, 3.8) is 0 Å². The maximum absolute atomic E-state index is 5.47. The minimum atomic E-state index is 0.467. The number of ether oxygens (including phenoxy) is 1. The molecule has 0 radical (unpaired) electrons. The number of aromatic nitrogens is 6. The molecule has 1 fully saturated rings. The second kappa shape index (κ2) is 4.71. The first-order valence-electron chi connectivity index (χ1n) is 7.98. The number of methoxy groups -OCH3 is 1. The molecule has 0 amide bonds. The van der Waals surface area contributed by atoms with Crippen molar-refractivity contribution in [2.24, 2.45) is 0 Å². The monoisotopic (exact) mass is 308 g/mol. The van der Waals surface area contributed by atoms with Gasteiger partial charge in [-0.1, -0.05) is 0 Å². The summed E-state index contributed by atoms with van der Waals surface area (Å²) in [6, 6.07) is 0. The van der Waals surface area contributed by atoms with Gasteiger partial charge < -0.3 is 4.74 Å². The Balaban J connectivity index is 1.78. The largest absolute Gasteiger partial charge is 0.480 e. The fourth-order valence-electron chi connectivity index (χ4n) is 3.38. The molecule has 0 bridgehead atoms. The summed E-state index contributed by atoms with van der Waals surface area (Å²) in [5, 5.41) is 8.52. The van der Waals surface area contributed by atoms with Gasteiger partial charge in [-0.3, -0.25) is 5.10 Å². The minimum absolute atomic E-state index is 0.467. The SMILES string of the molecule is COc1ncnc(C2CC2)c1-c1nc2c3c(n[nH]c3n1)CCC2. The van der Waals surface area contributed by atoms with Gasteiger partial charge in [0.05, 0.1) is 29.6 Å². The number of nitrogens with one attached hydrogen (secondary N) is 1. The van der Waals surface area contributed by atoms with Crippen molar-refractivity contribution < 1.29 is 4.74 Å². The standard InChI is InChI=1S/C16H16N6O/c1-23-16-12(13(8-5-6-8)17-7-18-16)14-19-9-3-2-4-10-11(9)15(20-14)22-21-10/h7-8H,2-6H2,1H3,(H,19,20,21,22). The average Bonchev–Trinajstić information content (AvgIpc) is 3.36. The van der Waals surface area contributed by atoms with Crippen LogP contribution in [0.2, 0.25) is 0 Å². The zero-order valence-corrected chi connectivity index (χ0v) is 12.8. The fraction of sp³-hybridized carbons (Fsp3) is 0.438. The number of nitrogens with zero attached hydrogens (tertiary/aromatic N) is 5. The molecule has 3 aromatic heterocycles. The van der Waals surface area contributed by atoms with Gasteiger partial charge in [0.2, 0.25) is 5.88 Å². The molecule has 7 heteroatoms. The van der Waals surface area contributed by atoms with Crippen LogP contribution < -0.4 is 4.74 Å². The van der Waals surface area contributed by atoms with Crippen LogP contribution in [0.4, 0.5) is 0 Å². The Morgan fingerprint density at radius 2 is 2.00 bits per heavy atom. The highest BCUT2D eigenvalue weighted by Crippen LogP contribution is 2.45. The van der Waals surface area contributed by atoms with Crippen molar-refractivity contribution in [3.8, 4) is 17.3 Å². The van der Waals surface area contributed by atoms with E-state index in [4.69, 9.17) is 14.7 Å². The van der Waals surface area contributed by atoms with E-state index in [1.54, 1.807) is 13.4 Å². The summed E-state index contributed by atoms with van der Waals surface area (Å²) in [5.41, 5.74) is 4.77. The molecular formula is C16H16N6O. The molecule has 0 atom stereocenters. The number of aromatic amines is 1.